The van der Waals surface area contributed by atoms with Gasteiger partial charge >= 0.3 is 0 Å². The molecule has 0 spiro atoms. The van der Waals surface area contributed by atoms with Crippen LogP contribution >= 0.6 is 11.8 Å². The number of para-hydroxylation sites is 1. The maximum absolute atomic E-state index is 10.6. The minimum absolute atomic E-state index is 0.525. The molecule has 21 heavy (non-hydrogen) atoms. The van der Waals surface area contributed by atoms with E-state index in [9.17, 15) is 5.11 Å². The van der Waals surface area contributed by atoms with E-state index in [0.717, 1.165) is 16.4 Å². The lowest BCUT2D eigenvalue weighted by Crippen LogP contribution is -2.09. The van der Waals surface area contributed by atoms with Gasteiger partial charge in [-0.3, -0.25) is 4.57 Å². The normalized spacial score (nSPS) is 12.3. The molecule has 5 heteroatoms. The molecule has 3 aromatic rings. The Labute approximate surface area is 127 Å². The topological polar surface area (TPSA) is 50.9 Å². The maximum atomic E-state index is 10.6. The Balaban J connectivity index is 2.10. The molecule has 3 rings (SSSR count). The Hall–Kier alpha value is -2.11. The lowest BCUT2D eigenvalue weighted by molar-refractivity contribution is 0.207. The molecule has 4 nitrogen and oxygen atoms in total. The molecule has 0 aliphatic carbocycles. The van der Waals surface area contributed by atoms with Crippen LogP contribution in [-0.4, -0.2) is 26.1 Å². The highest BCUT2D eigenvalue weighted by molar-refractivity contribution is 7.98. The van der Waals surface area contributed by atoms with Crippen molar-refractivity contribution in [1.82, 2.24) is 14.8 Å². The smallest absolute Gasteiger partial charge is 0.195 e. The number of benzene rings is 2. The minimum atomic E-state index is -0.806. The number of hydrogen-bond donors (Lipinski definition) is 1. The summed E-state index contributed by atoms with van der Waals surface area (Å²) in [6, 6.07) is 19.3. The van der Waals surface area contributed by atoms with Crippen molar-refractivity contribution in [3.05, 3.63) is 72.1 Å². The monoisotopic (exact) mass is 297 g/mol. The summed E-state index contributed by atoms with van der Waals surface area (Å²) in [5.41, 5.74) is 1.74. The number of aliphatic hydroxyl groups is 1. The molecule has 0 fully saturated rings. The highest BCUT2D eigenvalue weighted by Gasteiger charge is 2.21. The van der Waals surface area contributed by atoms with E-state index in [-0.39, 0.29) is 0 Å². The molecule has 1 N–H and O–H groups in total. The number of aliphatic hydroxyl groups excluding tert-OH is 1. The van der Waals surface area contributed by atoms with Crippen LogP contribution in [0.4, 0.5) is 0 Å². The molecule has 0 amide bonds. The number of thioether (sulfide) groups is 1. The largest absolute Gasteiger partial charge is 0.380 e. The van der Waals surface area contributed by atoms with Crippen LogP contribution in [0.3, 0.4) is 0 Å². The number of rotatable bonds is 4. The Kier molecular flexibility index (Phi) is 4.03. The molecule has 0 saturated carbocycles. The van der Waals surface area contributed by atoms with Crippen molar-refractivity contribution >= 4 is 11.8 Å². The van der Waals surface area contributed by atoms with Crippen LogP contribution in [0.1, 0.15) is 17.5 Å². The van der Waals surface area contributed by atoms with E-state index >= 15 is 0 Å². The minimum Gasteiger partial charge on any atom is -0.380 e. The molecule has 0 aliphatic rings. The highest BCUT2D eigenvalue weighted by atomic mass is 32.2. The zero-order valence-corrected chi connectivity index (χ0v) is 12.4. The third-order valence-electron chi connectivity index (χ3n) is 3.22. The highest BCUT2D eigenvalue weighted by Crippen LogP contribution is 2.27. The first kappa shape index (κ1) is 13.9. The second-order valence-corrected chi connectivity index (χ2v) is 5.30. The molecule has 1 heterocycles. The Morgan fingerprint density at radius 1 is 0.952 bits per heavy atom. The second kappa shape index (κ2) is 6.11. The Morgan fingerprint density at radius 3 is 2.19 bits per heavy atom. The third kappa shape index (κ3) is 2.70. The van der Waals surface area contributed by atoms with Crippen molar-refractivity contribution in [1.29, 1.82) is 0 Å². The first-order valence-electron chi connectivity index (χ1n) is 6.59. The molecule has 0 radical (unpaired) electrons. The standard InChI is InChI=1S/C16H15N3OS/c1-21-16-18-17-15(14(20)12-8-4-2-5-9-12)19(16)13-10-6-3-7-11-13/h2-11,14,20H,1H3/t14-/m1/s1. The zero-order valence-electron chi connectivity index (χ0n) is 11.5. The summed E-state index contributed by atoms with van der Waals surface area (Å²) < 4.78 is 1.89. The third-order valence-corrected chi connectivity index (χ3v) is 3.84. The average Bonchev–Trinajstić information content (AvgIpc) is 2.99. The van der Waals surface area contributed by atoms with Gasteiger partial charge in [0.2, 0.25) is 0 Å². The SMILES string of the molecule is CSc1nnc([C@H](O)c2ccccc2)n1-c1ccccc1. The van der Waals surface area contributed by atoms with Gasteiger partial charge in [0.1, 0.15) is 6.10 Å². The van der Waals surface area contributed by atoms with Gasteiger partial charge in [-0.05, 0) is 24.0 Å². The summed E-state index contributed by atoms with van der Waals surface area (Å²) in [5, 5.41) is 19.7. The quantitative estimate of drug-likeness (QED) is 0.752. The Morgan fingerprint density at radius 2 is 1.57 bits per heavy atom. The number of nitrogens with zero attached hydrogens (tertiary/aromatic N) is 3. The van der Waals surface area contributed by atoms with Crippen LogP contribution < -0.4 is 0 Å². The van der Waals surface area contributed by atoms with Crippen LogP contribution in [0, 0.1) is 0 Å². The summed E-state index contributed by atoms with van der Waals surface area (Å²) in [6.45, 7) is 0. The van der Waals surface area contributed by atoms with Crippen molar-refractivity contribution in [2.45, 2.75) is 11.3 Å². The first-order chi connectivity index (χ1) is 10.3. The fourth-order valence-corrected chi connectivity index (χ4v) is 2.70. The van der Waals surface area contributed by atoms with Crippen LogP contribution in [0.15, 0.2) is 65.8 Å². The van der Waals surface area contributed by atoms with Crippen molar-refractivity contribution in [2.75, 3.05) is 6.26 Å². The summed E-state index contributed by atoms with van der Waals surface area (Å²) in [6.07, 6.45) is 1.14. The predicted octanol–water partition coefficient (Wildman–Crippen LogP) is 3.07. The van der Waals surface area contributed by atoms with Gasteiger partial charge in [0, 0.05) is 5.69 Å². The van der Waals surface area contributed by atoms with Gasteiger partial charge in [-0.1, -0.05) is 60.3 Å². The van der Waals surface area contributed by atoms with Crippen molar-refractivity contribution in [2.24, 2.45) is 0 Å². The van der Waals surface area contributed by atoms with Gasteiger partial charge in [0.15, 0.2) is 11.0 Å². The van der Waals surface area contributed by atoms with Crippen molar-refractivity contribution < 1.29 is 5.11 Å². The molecular formula is C16H15N3OS. The van der Waals surface area contributed by atoms with Gasteiger partial charge in [-0.2, -0.15) is 0 Å². The molecule has 0 aliphatic heterocycles. The molecule has 106 valence electrons. The Bertz CT molecular complexity index is 713. The molecule has 0 bridgehead atoms. The van der Waals surface area contributed by atoms with Crippen LogP contribution in [-0.2, 0) is 0 Å². The van der Waals surface area contributed by atoms with E-state index in [1.165, 1.54) is 11.8 Å². The summed E-state index contributed by atoms with van der Waals surface area (Å²) >= 11 is 1.50. The predicted molar refractivity (Wildman–Crippen MR) is 83.6 cm³/mol. The van der Waals surface area contributed by atoms with Gasteiger partial charge in [-0.15, -0.1) is 10.2 Å². The fourth-order valence-electron chi connectivity index (χ4n) is 2.19. The second-order valence-electron chi connectivity index (χ2n) is 4.53. The van der Waals surface area contributed by atoms with E-state index in [1.807, 2.05) is 71.5 Å². The summed E-state index contributed by atoms with van der Waals surface area (Å²) in [7, 11) is 0. The molecular weight excluding hydrogens is 282 g/mol. The molecule has 1 aromatic heterocycles. The van der Waals surface area contributed by atoms with E-state index in [4.69, 9.17) is 0 Å². The van der Waals surface area contributed by atoms with Crippen molar-refractivity contribution in [3.8, 4) is 5.69 Å². The molecule has 0 saturated heterocycles. The van der Waals surface area contributed by atoms with Crippen LogP contribution in [0.5, 0.6) is 0 Å². The zero-order chi connectivity index (χ0) is 14.7. The van der Waals surface area contributed by atoms with Gasteiger partial charge in [0.05, 0.1) is 0 Å². The first-order valence-corrected chi connectivity index (χ1v) is 7.81. The van der Waals surface area contributed by atoms with Gasteiger partial charge < -0.3 is 5.11 Å². The molecule has 2 aromatic carbocycles. The maximum Gasteiger partial charge on any atom is 0.195 e. The van der Waals surface area contributed by atoms with Gasteiger partial charge in [0.25, 0.3) is 0 Å². The summed E-state index contributed by atoms with van der Waals surface area (Å²) in [4.78, 5) is 0. The van der Waals surface area contributed by atoms with E-state index in [1.54, 1.807) is 0 Å². The fraction of sp³-hybridized carbons (Fsp3) is 0.125. The van der Waals surface area contributed by atoms with E-state index in [2.05, 4.69) is 10.2 Å². The molecule has 0 unspecified atom stereocenters. The van der Waals surface area contributed by atoms with Crippen LogP contribution in [0.25, 0.3) is 5.69 Å². The average molecular weight is 297 g/mol. The summed E-state index contributed by atoms with van der Waals surface area (Å²) in [5.74, 6) is 0.525. The van der Waals surface area contributed by atoms with E-state index in [0.29, 0.717) is 5.82 Å². The number of hydrogen-bond acceptors (Lipinski definition) is 4. The molecule has 1 atom stereocenters. The van der Waals surface area contributed by atoms with Crippen molar-refractivity contribution in [3.63, 3.8) is 0 Å². The van der Waals surface area contributed by atoms with E-state index < -0.39 is 6.10 Å². The number of aromatic nitrogens is 3. The lowest BCUT2D eigenvalue weighted by Gasteiger charge is -2.14. The lowest BCUT2D eigenvalue weighted by atomic mass is 10.1. The van der Waals surface area contributed by atoms with Crippen LogP contribution in [0.2, 0.25) is 0 Å². The van der Waals surface area contributed by atoms with Gasteiger partial charge in [-0.25, -0.2) is 0 Å².